The molecule has 3 aliphatic rings. The van der Waals surface area contributed by atoms with E-state index in [1.165, 1.54) is 12.1 Å². The number of anilines is 3. The number of pyridine rings is 1. The van der Waals surface area contributed by atoms with E-state index in [2.05, 4.69) is 41.3 Å². The Morgan fingerprint density at radius 2 is 1.76 bits per heavy atom. The maximum absolute atomic E-state index is 15.1. The van der Waals surface area contributed by atoms with Gasteiger partial charge in [0.15, 0.2) is 0 Å². The highest BCUT2D eigenvalue weighted by Crippen LogP contribution is 2.47. The molecule has 0 spiro atoms. The molecule has 2 fully saturated rings. The molecule has 5 amide bonds. The van der Waals surface area contributed by atoms with Crippen molar-refractivity contribution in [2.75, 3.05) is 74.3 Å². The Labute approximate surface area is 408 Å². The number of piperazine rings is 1. The van der Waals surface area contributed by atoms with Crippen LogP contribution < -0.4 is 35.9 Å². The SMILES string of the molecule is [2H]C1([2H])C(C(=O)Nc2ccc(CNC(=O)c3ccc(N4CCN(C(=O)CCSSC(C)(C)CC(=O)N/N=C5\CCN(C)c6cc(OCCCC(=O)NC)ccc65)CC4)cc3)c(F)c2)C1c1cccnc1. The lowest BCUT2D eigenvalue weighted by Crippen LogP contribution is -2.48. The molecule has 4 aromatic rings. The number of nitrogens with zero attached hydrogens (tertiary/aromatic N) is 5. The number of hydrazone groups is 1. The van der Waals surface area contributed by atoms with Crippen molar-refractivity contribution < 1.29 is 35.8 Å². The molecule has 1 aliphatic carbocycles. The first kappa shape index (κ1) is 46.9. The van der Waals surface area contributed by atoms with Gasteiger partial charge in [-0.25, -0.2) is 9.82 Å². The molecule has 2 unspecified atom stereocenters. The first-order valence-corrected chi connectivity index (χ1v) is 25.1. The van der Waals surface area contributed by atoms with Crippen molar-refractivity contribution in [1.82, 2.24) is 25.9 Å². The zero-order valence-corrected chi connectivity index (χ0v) is 40.4. The summed E-state index contributed by atoms with van der Waals surface area (Å²) >= 11 is 0. The fraction of sp³-hybridized carbons (Fsp3) is 0.420. The molecule has 18 heteroatoms. The van der Waals surface area contributed by atoms with E-state index in [-0.39, 0.29) is 47.8 Å². The second-order valence-electron chi connectivity index (χ2n) is 17.5. The van der Waals surface area contributed by atoms with Gasteiger partial charge < -0.3 is 35.4 Å². The fourth-order valence-corrected chi connectivity index (χ4v) is 10.4. The number of hydrogen-bond acceptors (Lipinski definition) is 12. The summed E-state index contributed by atoms with van der Waals surface area (Å²) in [7, 11) is 6.79. The van der Waals surface area contributed by atoms with E-state index in [9.17, 15) is 24.0 Å². The summed E-state index contributed by atoms with van der Waals surface area (Å²) in [6.07, 6.45) is 3.71. The van der Waals surface area contributed by atoms with Crippen molar-refractivity contribution in [2.45, 2.75) is 69.5 Å². The lowest BCUT2D eigenvalue weighted by atomic mass is 10.00. The number of carbonyl (C=O) groups is 5. The van der Waals surface area contributed by atoms with Crippen molar-refractivity contribution >= 4 is 73.9 Å². The number of benzene rings is 3. The molecule has 7 rings (SSSR count). The minimum Gasteiger partial charge on any atom is -0.494 e. The Hall–Kier alpha value is -6.14. The van der Waals surface area contributed by atoms with E-state index >= 15 is 4.39 Å². The summed E-state index contributed by atoms with van der Waals surface area (Å²) in [6.45, 7) is 7.52. The van der Waals surface area contributed by atoms with Gasteiger partial charge in [0.05, 0.1) is 12.3 Å². The van der Waals surface area contributed by atoms with E-state index < -0.39 is 34.7 Å². The third kappa shape index (κ3) is 13.7. The number of rotatable bonds is 20. The number of ether oxygens (including phenoxy) is 1. The zero-order chi connectivity index (χ0) is 50.0. The number of hydrogen-bond donors (Lipinski definition) is 4. The minimum absolute atomic E-state index is 0.0185. The summed E-state index contributed by atoms with van der Waals surface area (Å²) in [5.74, 6) is -1.89. The van der Waals surface area contributed by atoms with Gasteiger partial charge in [-0.3, -0.25) is 29.0 Å². The zero-order valence-electron chi connectivity index (χ0n) is 40.8. The highest BCUT2D eigenvalue weighted by Gasteiger charge is 2.44. The number of carbonyl (C=O) groups excluding carboxylic acids is 5. The fourth-order valence-electron chi connectivity index (χ4n) is 7.94. The predicted octanol–water partition coefficient (Wildman–Crippen LogP) is 6.75. The van der Waals surface area contributed by atoms with Crippen LogP contribution in [-0.2, 0) is 25.7 Å². The van der Waals surface area contributed by atoms with Gasteiger partial charge in [-0.2, -0.15) is 5.10 Å². The predicted molar refractivity (Wildman–Crippen MR) is 268 cm³/mol. The van der Waals surface area contributed by atoms with Crippen LogP contribution in [0.3, 0.4) is 0 Å². The van der Waals surface area contributed by atoms with Crippen LogP contribution in [0.15, 0.2) is 90.3 Å². The summed E-state index contributed by atoms with van der Waals surface area (Å²) in [5, 5.41) is 12.5. The highest BCUT2D eigenvalue weighted by molar-refractivity contribution is 8.77. The highest BCUT2D eigenvalue weighted by atomic mass is 33.1. The Morgan fingerprint density at radius 3 is 2.50 bits per heavy atom. The molecule has 1 saturated heterocycles. The lowest BCUT2D eigenvalue weighted by molar-refractivity contribution is -0.131. The van der Waals surface area contributed by atoms with Gasteiger partial charge in [-0.15, -0.1) is 0 Å². The third-order valence-electron chi connectivity index (χ3n) is 11.9. The van der Waals surface area contributed by atoms with Crippen molar-refractivity contribution in [3.8, 4) is 5.75 Å². The van der Waals surface area contributed by atoms with Crippen LogP contribution in [0.25, 0.3) is 0 Å². The van der Waals surface area contributed by atoms with Crippen LogP contribution >= 0.6 is 21.6 Å². The molecule has 15 nitrogen and oxygen atoms in total. The van der Waals surface area contributed by atoms with E-state index in [0.717, 1.165) is 35.3 Å². The largest absolute Gasteiger partial charge is 0.494 e. The molecule has 2 atom stereocenters. The molecule has 68 heavy (non-hydrogen) atoms. The molecule has 2 aliphatic heterocycles. The Bertz CT molecular complexity index is 2570. The normalized spacial score (nSPS) is 18.4. The molecular weight excluding hydrogens is 906 g/mol. The Balaban J connectivity index is 0.779. The maximum Gasteiger partial charge on any atom is 0.251 e. The molecule has 1 aromatic heterocycles. The molecule has 0 bridgehead atoms. The average molecular weight is 968 g/mol. The summed E-state index contributed by atoms with van der Waals surface area (Å²) < 4.78 is 37.1. The number of aromatic nitrogens is 1. The van der Waals surface area contributed by atoms with Crippen molar-refractivity contribution in [3.63, 3.8) is 0 Å². The van der Waals surface area contributed by atoms with Gasteiger partial charge >= 0.3 is 0 Å². The Morgan fingerprint density at radius 1 is 0.971 bits per heavy atom. The molecule has 360 valence electrons. The minimum atomic E-state index is -1.74. The van der Waals surface area contributed by atoms with E-state index in [4.69, 9.17) is 7.48 Å². The van der Waals surface area contributed by atoms with Gasteiger partial charge in [0, 0.05) is 150 Å². The smallest absolute Gasteiger partial charge is 0.251 e. The monoisotopic (exact) mass is 967 g/mol. The van der Waals surface area contributed by atoms with Crippen LogP contribution in [0.2, 0.25) is 0 Å². The van der Waals surface area contributed by atoms with Crippen molar-refractivity contribution in [2.24, 2.45) is 11.0 Å². The van der Waals surface area contributed by atoms with Gasteiger partial charge in [-0.05, 0) is 92.7 Å². The maximum atomic E-state index is 15.1. The third-order valence-corrected chi connectivity index (χ3v) is 15.1. The molecule has 4 N–H and O–H groups in total. The van der Waals surface area contributed by atoms with Crippen LogP contribution in [0.4, 0.5) is 21.5 Å². The second kappa shape index (κ2) is 23.2. The molecule has 1 saturated carbocycles. The number of amides is 5. The Kier molecular flexibility index (Phi) is 16.0. The average Bonchev–Trinajstić information content (AvgIpc) is 3.95. The summed E-state index contributed by atoms with van der Waals surface area (Å²) in [6, 6.07) is 20.5. The first-order chi connectivity index (χ1) is 33.5. The topological polar surface area (TPSA) is 178 Å². The van der Waals surface area contributed by atoms with E-state index in [0.29, 0.717) is 81.1 Å². The van der Waals surface area contributed by atoms with Crippen LogP contribution in [0.1, 0.15) is 88.0 Å². The molecule has 0 radical (unpaired) electrons. The summed E-state index contributed by atoms with van der Waals surface area (Å²) in [4.78, 5) is 73.8. The van der Waals surface area contributed by atoms with E-state index in [1.54, 1.807) is 65.3 Å². The van der Waals surface area contributed by atoms with Crippen molar-refractivity contribution in [1.29, 1.82) is 0 Å². The molecule has 3 aromatic carbocycles. The number of fused-ring (bicyclic) bond motifs is 1. The van der Waals surface area contributed by atoms with Crippen LogP contribution in [0, 0.1) is 11.7 Å². The van der Waals surface area contributed by atoms with Crippen molar-refractivity contribution in [3.05, 3.63) is 113 Å². The van der Waals surface area contributed by atoms with Gasteiger partial charge in [0.2, 0.25) is 23.6 Å². The molecule has 3 heterocycles. The quantitative estimate of drug-likeness (QED) is 0.0419. The first-order valence-electron chi connectivity index (χ1n) is 23.8. The number of halogens is 1. The van der Waals surface area contributed by atoms with Crippen LogP contribution in [0.5, 0.6) is 5.75 Å². The molecular formula is C50H60FN9O6S2. The van der Waals surface area contributed by atoms with Gasteiger partial charge in [-0.1, -0.05) is 33.7 Å². The summed E-state index contributed by atoms with van der Waals surface area (Å²) in [5.41, 5.74) is 7.84. The number of nitrogens with one attached hydrogen (secondary N) is 4. The van der Waals surface area contributed by atoms with E-state index in [1.807, 2.05) is 56.1 Å². The standard InChI is InChI=1S/C50H60FN9O6S2/c1-50(2,30-46(62)57-56-43-17-20-58(4)44-28-38(15-16-39(43)44)66-25-6-8-45(61)52-3)68-67-26-18-47(63)60-23-21-59(22-24-60)37-13-10-33(11-14-37)48(64)54-32-35-9-12-36(27-42(35)51)55-49(65)41-29-40(41)34-7-5-19-53-31-34/h5,7,9-16,19,27-28,31,40-41H,6,8,17-18,20-26,29-30,32H2,1-4H3,(H,52,61)(H,54,64)(H,55,65)(H,57,62)/b56-43+/i29D2. The van der Waals surface area contributed by atoms with Gasteiger partial charge in [0.1, 0.15) is 11.6 Å². The van der Waals surface area contributed by atoms with Crippen LogP contribution in [-0.4, -0.2) is 109 Å². The second-order valence-corrected chi connectivity index (χ2v) is 20.6. The van der Waals surface area contributed by atoms with Gasteiger partial charge in [0.25, 0.3) is 5.91 Å². The lowest BCUT2D eigenvalue weighted by Gasteiger charge is -2.36.